The van der Waals surface area contributed by atoms with Gasteiger partial charge in [0, 0.05) is 19.6 Å². The topological polar surface area (TPSA) is 70.2 Å². The molecule has 104 valence electrons. The summed E-state index contributed by atoms with van der Waals surface area (Å²) in [6, 6.07) is 0. The van der Waals surface area contributed by atoms with Crippen LogP contribution in [0.5, 0.6) is 0 Å². The molecule has 1 aromatic heterocycles. The van der Waals surface area contributed by atoms with Gasteiger partial charge in [-0.3, -0.25) is 4.79 Å². The first-order valence-electron chi connectivity index (χ1n) is 6.48. The summed E-state index contributed by atoms with van der Waals surface area (Å²) in [6.07, 6.45) is 3.17. The van der Waals surface area contributed by atoms with Crippen molar-refractivity contribution in [1.29, 1.82) is 0 Å². The van der Waals surface area contributed by atoms with Crippen LogP contribution < -0.4 is 10.6 Å². The van der Waals surface area contributed by atoms with Gasteiger partial charge in [-0.15, -0.1) is 0 Å². The average Bonchev–Trinajstić information content (AvgIpc) is 2.93. The maximum absolute atomic E-state index is 13.5. The third kappa shape index (κ3) is 3.52. The second-order valence-electron chi connectivity index (χ2n) is 4.36. The molecule has 6 nitrogen and oxygen atoms in total. The molecule has 1 aliphatic rings. The van der Waals surface area contributed by atoms with E-state index in [2.05, 4.69) is 20.6 Å². The summed E-state index contributed by atoms with van der Waals surface area (Å²) >= 11 is 0. The Kier molecular flexibility index (Phi) is 4.48. The normalized spacial score (nSPS) is 14.5. The van der Waals surface area contributed by atoms with Crippen LogP contribution in [0.3, 0.4) is 0 Å². The molecule has 0 bridgehead atoms. The van der Waals surface area contributed by atoms with E-state index in [4.69, 9.17) is 0 Å². The summed E-state index contributed by atoms with van der Waals surface area (Å²) in [5.74, 6) is -0.185. The predicted octanol–water partition coefficient (Wildman–Crippen LogP) is 1.08. The Hall–Kier alpha value is -1.92. The van der Waals surface area contributed by atoms with E-state index in [0.717, 1.165) is 32.1 Å². The average molecular weight is 267 g/mol. The molecule has 0 atom stereocenters. The van der Waals surface area contributed by atoms with E-state index >= 15 is 0 Å². The lowest BCUT2D eigenvalue weighted by Crippen LogP contribution is -2.33. The van der Waals surface area contributed by atoms with Gasteiger partial charge in [0.25, 0.3) is 0 Å². The van der Waals surface area contributed by atoms with Crippen LogP contribution in [0.2, 0.25) is 0 Å². The van der Waals surface area contributed by atoms with Gasteiger partial charge in [0.05, 0.1) is 12.7 Å². The number of likely N-dealkylation sites (tertiary alicyclic amines) is 1. The number of hydrogen-bond donors (Lipinski definition) is 2. The molecule has 0 aliphatic carbocycles. The van der Waals surface area contributed by atoms with Crippen LogP contribution in [0.25, 0.3) is 0 Å². The minimum atomic E-state index is -0.559. The van der Waals surface area contributed by atoms with Gasteiger partial charge in [-0.1, -0.05) is 0 Å². The Bertz CT molecular complexity index is 448. The number of aromatic nitrogens is 2. The van der Waals surface area contributed by atoms with Crippen molar-refractivity contribution in [2.45, 2.75) is 19.8 Å². The van der Waals surface area contributed by atoms with Crippen LogP contribution in [-0.2, 0) is 4.79 Å². The lowest BCUT2D eigenvalue weighted by atomic mass is 10.4. The van der Waals surface area contributed by atoms with E-state index in [-0.39, 0.29) is 18.3 Å². The molecular formula is C12H18FN5O. The lowest BCUT2D eigenvalue weighted by Gasteiger charge is -2.16. The van der Waals surface area contributed by atoms with Gasteiger partial charge in [0.1, 0.15) is 0 Å². The van der Waals surface area contributed by atoms with Crippen LogP contribution in [-0.4, -0.2) is 47.0 Å². The summed E-state index contributed by atoms with van der Waals surface area (Å²) in [6.45, 7) is 4.18. The number of nitrogens with one attached hydrogen (secondary N) is 2. The summed E-state index contributed by atoms with van der Waals surface area (Å²) in [5.41, 5.74) is 0. The standard InChI is InChI=1S/C12H18FN5O/c1-2-14-12-16-7-9(13)11(17-12)15-8-10(19)18-5-3-4-6-18/h7H,2-6,8H2,1H3,(H2,14,15,16,17). The van der Waals surface area contributed by atoms with Gasteiger partial charge >= 0.3 is 0 Å². The third-order valence-corrected chi connectivity index (χ3v) is 2.94. The van der Waals surface area contributed by atoms with Crippen LogP contribution >= 0.6 is 0 Å². The van der Waals surface area contributed by atoms with Crippen LogP contribution in [0.15, 0.2) is 6.20 Å². The van der Waals surface area contributed by atoms with E-state index in [1.165, 1.54) is 0 Å². The summed E-state index contributed by atoms with van der Waals surface area (Å²) in [7, 11) is 0. The van der Waals surface area contributed by atoms with Crippen molar-refractivity contribution in [3.63, 3.8) is 0 Å². The van der Waals surface area contributed by atoms with Crippen molar-refractivity contribution in [3.05, 3.63) is 12.0 Å². The van der Waals surface area contributed by atoms with E-state index in [1.807, 2.05) is 6.92 Å². The number of rotatable bonds is 5. The molecule has 19 heavy (non-hydrogen) atoms. The smallest absolute Gasteiger partial charge is 0.241 e. The molecule has 1 aliphatic heterocycles. The van der Waals surface area contributed by atoms with Crippen molar-refractivity contribution >= 4 is 17.7 Å². The van der Waals surface area contributed by atoms with Gasteiger partial charge in [-0.05, 0) is 19.8 Å². The zero-order valence-corrected chi connectivity index (χ0v) is 10.9. The Labute approximate surface area is 111 Å². The van der Waals surface area contributed by atoms with E-state index < -0.39 is 5.82 Å². The SMILES string of the molecule is CCNc1ncc(F)c(NCC(=O)N2CCCC2)n1. The molecule has 2 heterocycles. The predicted molar refractivity (Wildman–Crippen MR) is 70.5 cm³/mol. The Morgan fingerprint density at radius 1 is 1.42 bits per heavy atom. The van der Waals surface area contributed by atoms with Gasteiger partial charge < -0.3 is 15.5 Å². The molecule has 1 aromatic rings. The van der Waals surface area contributed by atoms with Gasteiger partial charge in [0.15, 0.2) is 11.6 Å². The number of anilines is 2. The number of nitrogens with zero attached hydrogens (tertiary/aromatic N) is 3. The zero-order valence-electron chi connectivity index (χ0n) is 10.9. The second-order valence-corrected chi connectivity index (χ2v) is 4.36. The highest BCUT2D eigenvalue weighted by Gasteiger charge is 2.18. The van der Waals surface area contributed by atoms with Gasteiger partial charge in [-0.2, -0.15) is 4.98 Å². The van der Waals surface area contributed by atoms with Crippen molar-refractivity contribution in [1.82, 2.24) is 14.9 Å². The van der Waals surface area contributed by atoms with E-state index in [1.54, 1.807) is 4.90 Å². The number of carbonyl (C=O) groups excluding carboxylic acids is 1. The molecule has 0 radical (unpaired) electrons. The molecule has 1 fully saturated rings. The first kappa shape index (κ1) is 13.5. The van der Waals surface area contributed by atoms with Crippen molar-refractivity contribution in [2.24, 2.45) is 0 Å². The maximum atomic E-state index is 13.5. The summed E-state index contributed by atoms with van der Waals surface area (Å²) in [5, 5.41) is 5.62. The minimum Gasteiger partial charge on any atom is -0.358 e. The van der Waals surface area contributed by atoms with Crippen LogP contribution in [0.4, 0.5) is 16.2 Å². The molecule has 0 spiro atoms. The van der Waals surface area contributed by atoms with Crippen LogP contribution in [0.1, 0.15) is 19.8 Å². The van der Waals surface area contributed by atoms with Gasteiger partial charge in [-0.25, -0.2) is 9.37 Å². The highest BCUT2D eigenvalue weighted by atomic mass is 19.1. The first-order valence-corrected chi connectivity index (χ1v) is 6.48. The number of carbonyl (C=O) groups is 1. The zero-order chi connectivity index (χ0) is 13.7. The number of amides is 1. The molecule has 1 saturated heterocycles. The van der Waals surface area contributed by atoms with Gasteiger partial charge in [0.2, 0.25) is 11.9 Å². The van der Waals surface area contributed by atoms with Crippen molar-refractivity contribution < 1.29 is 9.18 Å². The second kappa shape index (κ2) is 6.31. The Morgan fingerprint density at radius 3 is 2.84 bits per heavy atom. The molecule has 0 unspecified atom stereocenters. The highest BCUT2D eigenvalue weighted by molar-refractivity contribution is 5.80. The number of halogens is 1. The highest BCUT2D eigenvalue weighted by Crippen LogP contribution is 2.12. The maximum Gasteiger partial charge on any atom is 0.241 e. The summed E-state index contributed by atoms with van der Waals surface area (Å²) in [4.78, 5) is 21.4. The molecule has 7 heteroatoms. The van der Waals surface area contributed by atoms with E-state index in [9.17, 15) is 9.18 Å². The monoisotopic (exact) mass is 267 g/mol. The van der Waals surface area contributed by atoms with E-state index in [0.29, 0.717) is 12.5 Å². The van der Waals surface area contributed by atoms with Crippen molar-refractivity contribution in [2.75, 3.05) is 36.8 Å². The molecule has 1 amide bonds. The fraction of sp³-hybridized carbons (Fsp3) is 0.583. The lowest BCUT2D eigenvalue weighted by molar-refractivity contribution is -0.128. The van der Waals surface area contributed by atoms with Crippen molar-refractivity contribution in [3.8, 4) is 0 Å². The largest absolute Gasteiger partial charge is 0.358 e. The quantitative estimate of drug-likeness (QED) is 0.835. The Morgan fingerprint density at radius 2 is 2.16 bits per heavy atom. The van der Waals surface area contributed by atoms with Crippen LogP contribution in [0, 0.1) is 5.82 Å². The Balaban J connectivity index is 1.94. The molecular weight excluding hydrogens is 249 g/mol. The first-order chi connectivity index (χ1) is 9.20. The fourth-order valence-corrected chi connectivity index (χ4v) is 1.97. The molecule has 0 saturated carbocycles. The fourth-order valence-electron chi connectivity index (χ4n) is 1.97. The molecule has 2 N–H and O–H groups in total. The minimum absolute atomic E-state index is 0.0273. The number of hydrogen-bond acceptors (Lipinski definition) is 5. The third-order valence-electron chi connectivity index (χ3n) is 2.94. The summed E-state index contributed by atoms with van der Waals surface area (Å²) < 4.78 is 13.5. The molecule has 2 rings (SSSR count). The molecule has 0 aromatic carbocycles.